The van der Waals surface area contributed by atoms with Crippen LogP contribution in [0.4, 0.5) is 5.95 Å². The summed E-state index contributed by atoms with van der Waals surface area (Å²) in [5, 5.41) is 14.0. The van der Waals surface area contributed by atoms with Crippen molar-refractivity contribution in [1.82, 2.24) is 19.7 Å². The van der Waals surface area contributed by atoms with Crippen molar-refractivity contribution in [1.29, 1.82) is 0 Å². The van der Waals surface area contributed by atoms with Crippen LogP contribution in [0.1, 0.15) is 38.2 Å². The fourth-order valence-corrected chi connectivity index (χ4v) is 3.61. The Morgan fingerprint density at radius 2 is 1.87 bits per heavy atom. The number of ether oxygens (including phenoxy) is 1. The molecule has 0 bridgehead atoms. The number of fused-ring (bicyclic) bond motifs is 3. The summed E-state index contributed by atoms with van der Waals surface area (Å²) in [5.74, 6) is 1.12. The van der Waals surface area contributed by atoms with Crippen molar-refractivity contribution in [3.8, 4) is 5.75 Å². The number of nitrogens with zero attached hydrogens (tertiary/aromatic N) is 5. The number of hydrogen-bond acceptors (Lipinski definition) is 6. The molecule has 2 aromatic carbocycles. The van der Waals surface area contributed by atoms with Crippen molar-refractivity contribution >= 4 is 34.2 Å². The van der Waals surface area contributed by atoms with Crippen LogP contribution in [0.15, 0.2) is 53.6 Å². The van der Waals surface area contributed by atoms with Gasteiger partial charge in [0.15, 0.2) is 5.65 Å². The van der Waals surface area contributed by atoms with Crippen molar-refractivity contribution in [2.45, 2.75) is 39.2 Å². The molecule has 0 saturated heterocycles. The lowest BCUT2D eigenvalue weighted by Crippen LogP contribution is -2.03. The van der Waals surface area contributed by atoms with Gasteiger partial charge in [-0.2, -0.15) is 10.1 Å². The van der Waals surface area contributed by atoms with Gasteiger partial charge >= 0.3 is 0 Å². The Hall–Kier alpha value is -3.48. The second-order valence-electron chi connectivity index (χ2n) is 7.15. The van der Waals surface area contributed by atoms with Gasteiger partial charge in [-0.15, -0.1) is 10.2 Å². The molecule has 4 rings (SSSR count). The average Bonchev–Trinajstić information content (AvgIpc) is 3.10. The number of aromatic nitrogens is 4. The molecule has 0 unspecified atom stereocenters. The molecule has 2 heterocycles. The van der Waals surface area contributed by atoms with Crippen LogP contribution in [0.2, 0.25) is 0 Å². The van der Waals surface area contributed by atoms with Crippen LogP contribution in [0.3, 0.4) is 0 Å². The van der Waals surface area contributed by atoms with Gasteiger partial charge in [0.1, 0.15) is 11.3 Å². The number of rotatable bonds is 9. The molecule has 0 aliphatic carbocycles. The normalized spacial score (nSPS) is 11.5. The predicted octanol–water partition coefficient (Wildman–Crippen LogP) is 5.01. The highest BCUT2D eigenvalue weighted by molar-refractivity contribution is 6.04. The zero-order valence-corrected chi connectivity index (χ0v) is 17.4. The number of methoxy groups -OCH3 is 1. The third-order valence-corrected chi connectivity index (χ3v) is 5.12. The quantitative estimate of drug-likeness (QED) is 0.242. The number of hydrogen-bond donors (Lipinski definition) is 1. The van der Waals surface area contributed by atoms with Gasteiger partial charge in [0.25, 0.3) is 5.95 Å². The standard InChI is InChI=1S/C23H26N6O/c1-3-4-5-10-15-29-19-13-8-7-12-18(19)21-22(29)25-23(28-26-21)27-24-16-17-11-6-9-14-20(17)30-2/h6-9,11-14,16H,3-5,10,15H2,1-2H3,(H,25,27,28)/b24-16+. The molecule has 7 heteroatoms. The van der Waals surface area contributed by atoms with Gasteiger partial charge in [-0.05, 0) is 24.6 Å². The highest BCUT2D eigenvalue weighted by atomic mass is 16.5. The summed E-state index contributed by atoms with van der Waals surface area (Å²) in [4.78, 5) is 4.72. The van der Waals surface area contributed by atoms with Gasteiger partial charge in [0.2, 0.25) is 0 Å². The van der Waals surface area contributed by atoms with E-state index in [4.69, 9.17) is 9.72 Å². The Kier molecular flexibility index (Phi) is 6.17. The minimum Gasteiger partial charge on any atom is -0.496 e. The smallest absolute Gasteiger partial charge is 0.265 e. The monoisotopic (exact) mass is 402 g/mol. The van der Waals surface area contributed by atoms with Gasteiger partial charge in [0.05, 0.1) is 18.8 Å². The number of anilines is 1. The molecule has 30 heavy (non-hydrogen) atoms. The van der Waals surface area contributed by atoms with Crippen molar-refractivity contribution in [2.24, 2.45) is 5.10 Å². The second kappa shape index (κ2) is 9.35. The molecule has 0 radical (unpaired) electrons. The van der Waals surface area contributed by atoms with Gasteiger partial charge < -0.3 is 9.30 Å². The summed E-state index contributed by atoms with van der Waals surface area (Å²) >= 11 is 0. The highest BCUT2D eigenvalue weighted by Gasteiger charge is 2.14. The summed E-state index contributed by atoms with van der Waals surface area (Å²) in [6, 6.07) is 15.9. The van der Waals surface area contributed by atoms with E-state index in [1.165, 1.54) is 19.3 Å². The van der Waals surface area contributed by atoms with E-state index in [9.17, 15) is 0 Å². The summed E-state index contributed by atoms with van der Waals surface area (Å²) in [6.07, 6.45) is 6.47. The SMILES string of the molecule is CCCCCCn1c2ccccc2c2nnc(N/N=C/c3ccccc3OC)nc21. The molecule has 0 amide bonds. The topological polar surface area (TPSA) is 77.2 Å². The van der Waals surface area contributed by atoms with Crippen molar-refractivity contribution in [3.63, 3.8) is 0 Å². The molecule has 7 nitrogen and oxygen atoms in total. The van der Waals surface area contributed by atoms with Gasteiger partial charge in [-0.1, -0.05) is 56.5 Å². The van der Waals surface area contributed by atoms with E-state index in [0.29, 0.717) is 5.95 Å². The van der Waals surface area contributed by atoms with Gasteiger partial charge in [-0.3, -0.25) is 0 Å². The first kappa shape index (κ1) is 19.8. The van der Waals surface area contributed by atoms with Crippen molar-refractivity contribution < 1.29 is 4.74 Å². The lowest BCUT2D eigenvalue weighted by Gasteiger charge is -2.07. The van der Waals surface area contributed by atoms with E-state index in [1.807, 2.05) is 36.4 Å². The summed E-state index contributed by atoms with van der Waals surface area (Å²) in [5.41, 5.74) is 6.56. The number of hydrazone groups is 1. The maximum atomic E-state index is 5.34. The average molecular weight is 403 g/mol. The fraction of sp³-hybridized carbons (Fsp3) is 0.304. The van der Waals surface area contributed by atoms with E-state index in [2.05, 4.69) is 44.3 Å². The third kappa shape index (κ3) is 4.10. The minimum atomic E-state index is 0.367. The van der Waals surface area contributed by atoms with Crippen LogP contribution in [-0.4, -0.2) is 33.1 Å². The molecule has 1 N–H and O–H groups in total. The van der Waals surface area contributed by atoms with Crippen molar-refractivity contribution in [3.05, 3.63) is 54.1 Å². The first-order chi connectivity index (χ1) is 14.8. The molecular formula is C23H26N6O. The highest BCUT2D eigenvalue weighted by Crippen LogP contribution is 2.27. The lowest BCUT2D eigenvalue weighted by atomic mass is 10.2. The summed E-state index contributed by atoms with van der Waals surface area (Å²) < 4.78 is 7.58. The number of benzene rings is 2. The maximum absolute atomic E-state index is 5.34. The van der Waals surface area contributed by atoms with Crippen molar-refractivity contribution in [2.75, 3.05) is 12.5 Å². The molecule has 0 fully saturated rings. The zero-order chi connectivity index (χ0) is 20.8. The first-order valence-electron chi connectivity index (χ1n) is 10.4. The Bertz CT molecular complexity index is 1170. The Balaban J connectivity index is 1.62. The molecule has 4 aromatic rings. The molecule has 0 atom stereocenters. The summed E-state index contributed by atoms with van der Waals surface area (Å²) in [7, 11) is 1.64. The van der Waals surface area contributed by atoms with Gasteiger partial charge in [-0.25, -0.2) is 5.43 Å². The lowest BCUT2D eigenvalue weighted by molar-refractivity contribution is 0.414. The first-order valence-corrected chi connectivity index (χ1v) is 10.4. The third-order valence-electron chi connectivity index (χ3n) is 5.12. The van der Waals surface area contributed by atoms with Gasteiger partial charge in [0, 0.05) is 17.5 Å². The van der Waals surface area contributed by atoms with Crippen LogP contribution in [-0.2, 0) is 6.54 Å². The Morgan fingerprint density at radius 3 is 2.73 bits per heavy atom. The van der Waals surface area contributed by atoms with Crippen LogP contribution in [0.25, 0.3) is 22.1 Å². The number of nitrogens with one attached hydrogen (secondary N) is 1. The van der Waals surface area contributed by atoms with E-state index in [0.717, 1.165) is 46.3 Å². The molecule has 0 saturated carbocycles. The minimum absolute atomic E-state index is 0.367. The Morgan fingerprint density at radius 1 is 1.03 bits per heavy atom. The summed E-state index contributed by atoms with van der Waals surface area (Å²) in [6.45, 7) is 3.13. The predicted molar refractivity (Wildman–Crippen MR) is 121 cm³/mol. The largest absolute Gasteiger partial charge is 0.496 e. The Labute approximate surface area is 175 Å². The zero-order valence-electron chi connectivity index (χ0n) is 17.4. The number of aryl methyl sites for hydroxylation is 1. The van der Waals surface area contributed by atoms with Crippen LogP contribution < -0.4 is 10.2 Å². The van der Waals surface area contributed by atoms with E-state index >= 15 is 0 Å². The van der Waals surface area contributed by atoms with E-state index in [1.54, 1.807) is 13.3 Å². The number of unbranched alkanes of at least 4 members (excludes halogenated alkanes) is 3. The second-order valence-corrected chi connectivity index (χ2v) is 7.15. The van der Waals surface area contributed by atoms with Crippen LogP contribution in [0.5, 0.6) is 5.75 Å². The van der Waals surface area contributed by atoms with Crippen LogP contribution >= 0.6 is 0 Å². The molecule has 0 spiro atoms. The molecule has 0 aliphatic rings. The number of para-hydroxylation sites is 2. The molecule has 154 valence electrons. The molecule has 2 aromatic heterocycles. The van der Waals surface area contributed by atoms with E-state index in [-0.39, 0.29) is 0 Å². The molecule has 0 aliphatic heterocycles. The molecular weight excluding hydrogens is 376 g/mol. The maximum Gasteiger partial charge on any atom is 0.265 e. The van der Waals surface area contributed by atoms with E-state index < -0.39 is 0 Å². The van der Waals surface area contributed by atoms with Crippen LogP contribution in [0, 0.1) is 0 Å². The fourth-order valence-electron chi connectivity index (χ4n) is 3.61.